The summed E-state index contributed by atoms with van der Waals surface area (Å²) in [5.74, 6) is -1.00. The van der Waals surface area contributed by atoms with Crippen LogP contribution in [0.5, 0.6) is 0 Å². The van der Waals surface area contributed by atoms with Gasteiger partial charge < -0.3 is 10.1 Å². The highest BCUT2D eigenvalue weighted by Crippen LogP contribution is 2.23. The van der Waals surface area contributed by atoms with Gasteiger partial charge in [-0.2, -0.15) is 4.31 Å². The molecule has 2 aromatic rings. The summed E-state index contributed by atoms with van der Waals surface area (Å²) >= 11 is 1.38. The molecule has 0 bridgehead atoms. The molecule has 0 radical (unpaired) electrons. The molecule has 174 valence electrons. The first-order valence-electron chi connectivity index (χ1n) is 10.1. The van der Waals surface area contributed by atoms with E-state index in [0.717, 1.165) is 4.90 Å². The van der Waals surface area contributed by atoms with Crippen molar-refractivity contribution in [2.45, 2.75) is 37.0 Å². The summed E-state index contributed by atoms with van der Waals surface area (Å²) < 4.78 is 44.6. The molecule has 0 aliphatic carbocycles. The number of rotatable bonds is 11. The first kappa shape index (κ1) is 25.8. The number of benzene rings is 2. The van der Waals surface area contributed by atoms with Crippen molar-refractivity contribution in [2.24, 2.45) is 0 Å². The minimum atomic E-state index is -3.66. The maximum Gasteiger partial charge on any atom is 0.307 e. The molecule has 0 aromatic heterocycles. The number of nitrogens with zero attached hydrogens (tertiary/aromatic N) is 1. The number of ether oxygens (including phenoxy) is 1. The van der Waals surface area contributed by atoms with Crippen molar-refractivity contribution in [1.82, 2.24) is 4.31 Å². The number of aryl methyl sites for hydroxylation is 1. The molecule has 0 aliphatic heterocycles. The number of sulfonamides is 1. The van der Waals surface area contributed by atoms with E-state index in [1.54, 1.807) is 39.0 Å². The summed E-state index contributed by atoms with van der Waals surface area (Å²) in [6.07, 6.45) is 0.0892. The number of amides is 1. The Morgan fingerprint density at radius 1 is 1.09 bits per heavy atom. The van der Waals surface area contributed by atoms with Crippen LogP contribution in [-0.4, -0.2) is 50.0 Å². The van der Waals surface area contributed by atoms with Crippen LogP contribution in [0.2, 0.25) is 0 Å². The molecule has 0 fully saturated rings. The molecular formula is C22H27FN2O5S2. The monoisotopic (exact) mass is 482 g/mol. The van der Waals surface area contributed by atoms with E-state index in [4.69, 9.17) is 4.74 Å². The van der Waals surface area contributed by atoms with Crippen LogP contribution in [0.3, 0.4) is 0 Å². The maximum absolute atomic E-state index is 12.9. The third kappa shape index (κ3) is 7.32. The number of halogens is 1. The molecule has 0 atom stereocenters. The second-order valence-electron chi connectivity index (χ2n) is 6.83. The average Bonchev–Trinajstić information content (AvgIpc) is 2.76. The molecule has 1 amide bonds. The van der Waals surface area contributed by atoms with Crippen LogP contribution < -0.4 is 5.32 Å². The van der Waals surface area contributed by atoms with Gasteiger partial charge in [-0.25, -0.2) is 12.8 Å². The van der Waals surface area contributed by atoms with Crippen LogP contribution >= 0.6 is 11.8 Å². The van der Waals surface area contributed by atoms with Gasteiger partial charge in [0.15, 0.2) is 6.61 Å². The maximum atomic E-state index is 12.9. The van der Waals surface area contributed by atoms with E-state index in [0.29, 0.717) is 30.1 Å². The van der Waals surface area contributed by atoms with Gasteiger partial charge in [0.2, 0.25) is 10.0 Å². The molecule has 10 heteroatoms. The van der Waals surface area contributed by atoms with Crippen molar-refractivity contribution >= 4 is 39.3 Å². The SMILES string of the molecule is CCN(CC)S(=O)(=O)c1ccc(C)c(NC(=O)COC(=O)CCSc2ccc(F)cc2)c1. The van der Waals surface area contributed by atoms with Crippen molar-refractivity contribution in [3.05, 3.63) is 53.8 Å². The molecule has 1 N–H and O–H groups in total. The van der Waals surface area contributed by atoms with E-state index in [-0.39, 0.29) is 17.1 Å². The first-order chi connectivity index (χ1) is 15.2. The summed E-state index contributed by atoms with van der Waals surface area (Å²) in [4.78, 5) is 25.0. The van der Waals surface area contributed by atoms with Gasteiger partial charge in [0.25, 0.3) is 5.91 Å². The molecule has 2 aromatic carbocycles. The van der Waals surface area contributed by atoms with E-state index >= 15 is 0 Å². The van der Waals surface area contributed by atoms with Crippen LogP contribution in [0.4, 0.5) is 10.1 Å². The van der Waals surface area contributed by atoms with Gasteiger partial charge in [-0.1, -0.05) is 19.9 Å². The number of hydrogen-bond acceptors (Lipinski definition) is 6. The van der Waals surface area contributed by atoms with Crippen LogP contribution in [0, 0.1) is 12.7 Å². The van der Waals surface area contributed by atoms with Crippen molar-refractivity contribution in [3.8, 4) is 0 Å². The highest BCUT2D eigenvalue weighted by atomic mass is 32.2. The van der Waals surface area contributed by atoms with E-state index in [1.165, 1.54) is 40.3 Å². The molecule has 0 saturated heterocycles. The van der Waals surface area contributed by atoms with Gasteiger partial charge in [0, 0.05) is 29.4 Å². The molecular weight excluding hydrogens is 455 g/mol. The van der Waals surface area contributed by atoms with Gasteiger partial charge >= 0.3 is 5.97 Å². The third-order valence-corrected chi connectivity index (χ3v) is 7.64. The highest BCUT2D eigenvalue weighted by molar-refractivity contribution is 7.99. The summed E-state index contributed by atoms with van der Waals surface area (Å²) in [5, 5.41) is 2.60. The molecule has 2 rings (SSSR count). The smallest absolute Gasteiger partial charge is 0.307 e. The summed E-state index contributed by atoms with van der Waals surface area (Å²) in [5.41, 5.74) is 1.02. The number of thioether (sulfide) groups is 1. The van der Waals surface area contributed by atoms with Crippen molar-refractivity contribution in [1.29, 1.82) is 0 Å². The highest BCUT2D eigenvalue weighted by Gasteiger charge is 2.22. The largest absolute Gasteiger partial charge is 0.456 e. The summed E-state index contributed by atoms with van der Waals surface area (Å²) in [6.45, 7) is 5.44. The standard InChI is InChI=1S/C22H27FN2O5S2/c1-4-25(5-2)32(28,29)19-11-6-16(3)20(14-19)24-21(26)15-30-22(27)12-13-31-18-9-7-17(23)8-10-18/h6-11,14H,4-5,12-13,15H2,1-3H3,(H,24,26). The van der Waals surface area contributed by atoms with Gasteiger partial charge in [-0.15, -0.1) is 11.8 Å². The van der Waals surface area contributed by atoms with Gasteiger partial charge in [-0.3, -0.25) is 9.59 Å². The van der Waals surface area contributed by atoms with Crippen LogP contribution in [0.1, 0.15) is 25.8 Å². The zero-order chi connectivity index (χ0) is 23.7. The van der Waals surface area contributed by atoms with E-state index in [9.17, 15) is 22.4 Å². The Kier molecular flexibility index (Phi) is 9.67. The average molecular weight is 483 g/mol. The fourth-order valence-corrected chi connectivity index (χ4v) is 5.11. The lowest BCUT2D eigenvalue weighted by atomic mass is 10.2. The Hall–Kier alpha value is -2.43. The van der Waals surface area contributed by atoms with E-state index < -0.39 is 28.5 Å². The second kappa shape index (κ2) is 12.0. The molecule has 0 spiro atoms. The van der Waals surface area contributed by atoms with Crippen LogP contribution in [0.25, 0.3) is 0 Å². The quantitative estimate of drug-likeness (QED) is 0.387. The third-order valence-electron chi connectivity index (χ3n) is 4.58. The minimum absolute atomic E-state index is 0.0805. The Bertz CT molecular complexity index is 1040. The van der Waals surface area contributed by atoms with Gasteiger partial charge in [0.1, 0.15) is 5.82 Å². The van der Waals surface area contributed by atoms with E-state index in [1.807, 2.05) is 0 Å². The van der Waals surface area contributed by atoms with Crippen molar-refractivity contribution in [2.75, 3.05) is 30.8 Å². The lowest BCUT2D eigenvalue weighted by Gasteiger charge is -2.19. The lowest BCUT2D eigenvalue weighted by Crippen LogP contribution is -2.30. The van der Waals surface area contributed by atoms with Gasteiger partial charge in [-0.05, 0) is 48.9 Å². The Labute approximate surface area is 192 Å². The summed E-state index contributed by atoms with van der Waals surface area (Å²) in [6, 6.07) is 10.4. The molecule has 0 saturated carbocycles. The lowest BCUT2D eigenvalue weighted by molar-refractivity contribution is -0.146. The number of hydrogen-bond donors (Lipinski definition) is 1. The van der Waals surface area contributed by atoms with E-state index in [2.05, 4.69) is 5.32 Å². The normalized spacial score (nSPS) is 11.4. The number of anilines is 1. The fourth-order valence-electron chi connectivity index (χ4n) is 2.80. The number of esters is 1. The molecule has 32 heavy (non-hydrogen) atoms. The summed E-state index contributed by atoms with van der Waals surface area (Å²) in [7, 11) is -3.66. The molecule has 0 aliphatic rings. The minimum Gasteiger partial charge on any atom is -0.456 e. The zero-order valence-corrected chi connectivity index (χ0v) is 19.9. The predicted octanol–water partition coefficient (Wildman–Crippen LogP) is 3.83. The Morgan fingerprint density at radius 2 is 1.75 bits per heavy atom. The van der Waals surface area contributed by atoms with Crippen LogP contribution in [-0.2, 0) is 24.3 Å². The number of nitrogens with one attached hydrogen (secondary N) is 1. The second-order valence-corrected chi connectivity index (χ2v) is 9.93. The first-order valence-corrected chi connectivity index (χ1v) is 12.5. The number of carbonyl (C=O) groups is 2. The Balaban J connectivity index is 1.88. The fraction of sp³-hybridized carbons (Fsp3) is 0.364. The molecule has 7 nitrogen and oxygen atoms in total. The topological polar surface area (TPSA) is 92.8 Å². The number of carbonyl (C=O) groups excluding carboxylic acids is 2. The Morgan fingerprint density at radius 3 is 2.38 bits per heavy atom. The van der Waals surface area contributed by atoms with Crippen molar-refractivity contribution < 1.29 is 27.1 Å². The van der Waals surface area contributed by atoms with Crippen molar-refractivity contribution in [3.63, 3.8) is 0 Å². The zero-order valence-electron chi connectivity index (χ0n) is 18.3. The van der Waals surface area contributed by atoms with Gasteiger partial charge in [0.05, 0.1) is 11.3 Å². The van der Waals surface area contributed by atoms with Crippen LogP contribution in [0.15, 0.2) is 52.3 Å². The molecule has 0 unspecified atom stereocenters. The predicted molar refractivity (Wildman–Crippen MR) is 123 cm³/mol. The molecule has 0 heterocycles.